The van der Waals surface area contributed by atoms with Crippen LogP contribution in [0.5, 0.6) is 0 Å². The number of rotatable bonds is 9. The van der Waals surface area contributed by atoms with E-state index < -0.39 is 16.0 Å². The summed E-state index contributed by atoms with van der Waals surface area (Å²) in [6, 6.07) is 7.84. The molecule has 0 radical (unpaired) electrons. The molecular weight excluding hydrogens is 366 g/mol. The first-order chi connectivity index (χ1) is 12.8. The highest BCUT2D eigenvalue weighted by molar-refractivity contribution is 7.92. The van der Waals surface area contributed by atoms with Gasteiger partial charge in [0, 0.05) is 19.3 Å². The standard InChI is InChI=1S/C19H25N3O4S/c1-4-6-10-22(5-2)18-17(12-15(13-20-18)19(23)24)21-27(25,26)16-9-7-8-14(3)11-16/h7-9,11-13,21H,4-6,10H2,1-3H3,(H,23,24). The fraction of sp³-hybridized carbons (Fsp3) is 0.368. The van der Waals surface area contributed by atoms with Gasteiger partial charge in [0.05, 0.1) is 16.1 Å². The Bertz CT molecular complexity index is 913. The van der Waals surface area contributed by atoms with Gasteiger partial charge in [0.2, 0.25) is 0 Å². The number of aromatic carboxylic acids is 1. The third kappa shape index (κ3) is 5.19. The Hall–Kier alpha value is -2.61. The molecule has 2 rings (SSSR count). The number of nitrogens with zero attached hydrogens (tertiary/aromatic N) is 2. The van der Waals surface area contributed by atoms with E-state index in [2.05, 4.69) is 16.6 Å². The topological polar surface area (TPSA) is 99.6 Å². The second kappa shape index (κ2) is 8.85. The van der Waals surface area contributed by atoms with Crippen molar-refractivity contribution in [2.75, 3.05) is 22.7 Å². The van der Waals surface area contributed by atoms with Crippen molar-refractivity contribution in [2.24, 2.45) is 0 Å². The lowest BCUT2D eigenvalue weighted by atomic mass is 10.2. The fourth-order valence-electron chi connectivity index (χ4n) is 2.65. The number of pyridine rings is 1. The van der Waals surface area contributed by atoms with E-state index in [-0.39, 0.29) is 16.1 Å². The summed E-state index contributed by atoms with van der Waals surface area (Å²) in [7, 11) is -3.87. The molecule has 0 aliphatic rings. The molecule has 0 amide bonds. The van der Waals surface area contributed by atoms with Gasteiger partial charge >= 0.3 is 5.97 Å². The van der Waals surface area contributed by atoms with Gasteiger partial charge in [0.25, 0.3) is 10.0 Å². The summed E-state index contributed by atoms with van der Waals surface area (Å²) in [5.74, 6) is -0.742. The molecule has 27 heavy (non-hydrogen) atoms. The molecule has 1 heterocycles. The Morgan fingerprint density at radius 3 is 2.59 bits per heavy atom. The van der Waals surface area contributed by atoms with Crippen LogP contribution in [0.25, 0.3) is 0 Å². The van der Waals surface area contributed by atoms with Crippen LogP contribution < -0.4 is 9.62 Å². The summed E-state index contributed by atoms with van der Waals surface area (Å²) in [4.78, 5) is 17.6. The normalized spacial score (nSPS) is 11.2. The van der Waals surface area contributed by atoms with E-state index in [0.717, 1.165) is 18.4 Å². The SMILES string of the molecule is CCCCN(CC)c1ncc(C(=O)O)cc1NS(=O)(=O)c1cccc(C)c1. The van der Waals surface area contributed by atoms with Gasteiger partial charge in [0.15, 0.2) is 5.82 Å². The first-order valence-electron chi connectivity index (χ1n) is 8.86. The number of benzene rings is 1. The van der Waals surface area contributed by atoms with Crippen molar-refractivity contribution in [3.8, 4) is 0 Å². The van der Waals surface area contributed by atoms with Crippen LogP contribution in [0.2, 0.25) is 0 Å². The summed E-state index contributed by atoms with van der Waals surface area (Å²) in [6.07, 6.45) is 3.14. The predicted octanol–water partition coefficient (Wildman–Crippen LogP) is 3.52. The second-order valence-electron chi connectivity index (χ2n) is 6.26. The van der Waals surface area contributed by atoms with Crippen molar-refractivity contribution in [1.29, 1.82) is 0 Å². The first-order valence-corrected chi connectivity index (χ1v) is 10.3. The summed E-state index contributed by atoms with van der Waals surface area (Å²) in [6.45, 7) is 7.14. The summed E-state index contributed by atoms with van der Waals surface area (Å²) in [5.41, 5.74) is 0.898. The average molecular weight is 391 g/mol. The number of aryl methyl sites for hydroxylation is 1. The van der Waals surface area contributed by atoms with Crippen LogP contribution in [0.4, 0.5) is 11.5 Å². The van der Waals surface area contributed by atoms with E-state index in [1.165, 1.54) is 18.3 Å². The molecule has 0 fully saturated rings. The van der Waals surface area contributed by atoms with Crippen molar-refractivity contribution in [1.82, 2.24) is 4.98 Å². The number of hydrogen-bond donors (Lipinski definition) is 2. The largest absolute Gasteiger partial charge is 0.478 e. The monoisotopic (exact) mass is 391 g/mol. The minimum absolute atomic E-state index is 0.0766. The van der Waals surface area contributed by atoms with Crippen molar-refractivity contribution >= 4 is 27.5 Å². The van der Waals surface area contributed by atoms with Gasteiger partial charge in [-0.25, -0.2) is 18.2 Å². The number of anilines is 2. The summed E-state index contributed by atoms with van der Waals surface area (Å²) < 4.78 is 28.1. The van der Waals surface area contributed by atoms with Crippen molar-refractivity contribution in [2.45, 2.75) is 38.5 Å². The van der Waals surface area contributed by atoms with E-state index in [4.69, 9.17) is 0 Å². The Labute approximate surface area is 160 Å². The number of hydrogen-bond acceptors (Lipinski definition) is 5. The minimum Gasteiger partial charge on any atom is -0.478 e. The van der Waals surface area contributed by atoms with Gasteiger partial charge < -0.3 is 10.0 Å². The molecule has 0 aliphatic carbocycles. The third-order valence-corrected chi connectivity index (χ3v) is 5.48. The molecule has 2 aromatic rings. The van der Waals surface area contributed by atoms with E-state index in [1.807, 2.05) is 11.8 Å². The van der Waals surface area contributed by atoms with Crippen LogP contribution >= 0.6 is 0 Å². The van der Waals surface area contributed by atoms with Gasteiger partial charge in [-0.2, -0.15) is 0 Å². The van der Waals surface area contributed by atoms with Crippen molar-refractivity contribution in [3.05, 3.63) is 47.7 Å². The molecule has 0 unspecified atom stereocenters. The van der Waals surface area contributed by atoms with Crippen molar-refractivity contribution < 1.29 is 18.3 Å². The molecular formula is C19H25N3O4S. The lowest BCUT2D eigenvalue weighted by Crippen LogP contribution is -2.27. The van der Waals surface area contributed by atoms with Crippen LogP contribution in [0, 0.1) is 6.92 Å². The molecule has 0 aliphatic heterocycles. The Morgan fingerprint density at radius 2 is 2.00 bits per heavy atom. The number of nitrogens with one attached hydrogen (secondary N) is 1. The maximum absolute atomic E-state index is 12.8. The van der Waals surface area contributed by atoms with Crippen LogP contribution in [-0.4, -0.2) is 37.6 Å². The number of aromatic nitrogens is 1. The third-order valence-electron chi connectivity index (χ3n) is 4.12. The zero-order chi connectivity index (χ0) is 20.0. The highest BCUT2D eigenvalue weighted by Gasteiger charge is 2.21. The van der Waals surface area contributed by atoms with Gasteiger partial charge in [-0.05, 0) is 44.0 Å². The molecule has 146 valence electrons. The highest BCUT2D eigenvalue weighted by Crippen LogP contribution is 2.27. The second-order valence-corrected chi connectivity index (χ2v) is 7.94. The van der Waals surface area contributed by atoms with Crippen LogP contribution in [0.15, 0.2) is 41.4 Å². The van der Waals surface area contributed by atoms with Crippen LogP contribution in [0.1, 0.15) is 42.6 Å². The molecule has 7 nitrogen and oxygen atoms in total. The van der Waals surface area contributed by atoms with E-state index in [0.29, 0.717) is 18.9 Å². The van der Waals surface area contributed by atoms with Crippen LogP contribution in [0.3, 0.4) is 0 Å². The predicted molar refractivity (Wildman–Crippen MR) is 106 cm³/mol. The molecule has 2 N–H and O–H groups in total. The van der Waals surface area contributed by atoms with Gasteiger partial charge in [-0.1, -0.05) is 25.5 Å². The minimum atomic E-state index is -3.87. The van der Waals surface area contributed by atoms with Gasteiger partial charge in [-0.3, -0.25) is 4.72 Å². The molecule has 0 atom stereocenters. The molecule has 0 bridgehead atoms. The quantitative estimate of drug-likeness (QED) is 0.678. The molecule has 1 aromatic heterocycles. The fourth-order valence-corrected chi connectivity index (χ4v) is 3.81. The van der Waals surface area contributed by atoms with E-state index >= 15 is 0 Å². The Balaban J connectivity index is 2.48. The zero-order valence-electron chi connectivity index (χ0n) is 15.8. The smallest absolute Gasteiger partial charge is 0.337 e. The van der Waals surface area contributed by atoms with Gasteiger partial charge in [0.1, 0.15) is 0 Å². The molecule has 0 saturated carbocycles. The van der Waals surface area contributed by atoms with Crippen LogP contribution in [-0.2, 0) is 10.0 Å². The zero-order valence-corrected chi connectivity index (χ0v) is 16.6. The lowest BCUT2D eigenvalue weighted by Gasteiger charge is -2.25. The van der Waals surface area contributed by atoms with Crippen molar-refractivity contribution in [3.63, 3.8) is 0 Å². The number of unbranched alkanes of at least 4 members (excludes halogenated alkanes) is 1. The number of carboxylic acid groups (broad SMARTS) is 1. The molecule has 0 saturated heterocycles. The maximum Gasteiger partial charge on any atom is 0.337 e. The number of carboxylic acids is 1. The molecule has 8 heteroatoms. The number of carbonyl (C=O) groups is 1. The van der Waals surface area contributed by atoms with Gasteiger partial charge in [-0.15, -0.1) is 0 Å². The summed E-state index contributed by atoms with van der Waals surface area (Å²) in [5, 5.41) is 9.26. The average Bonchev–Trinajstić information content (AvgIpc) is 2.62. The Morgan fingerprint density at radius 1 is 1.26 bits per heavy atom. The first kappa shape index (κ1) is 20.7. The number of sulfonamides is 1. The maximum atomic E-state index is 12.8. The van der Waals surface area contributed by atoms with E-state index in [1.54, 1.807) is 25.1 Å². The highest BCUT2D eigenvalue weighted by atomic mass is 32.2. The Kier molecular flexibility index (Phi) is 6.79. The lowest BCUT2D eigenvalue weighted by molar-refractivity contribution is 0.0696. The van der Waals surface area contributed by atoms with E-state index in [9.17, 15) is 18.3 Å². The molecule has 0 spiro atoms. The molecule has 1 aromatic carbocycles. The summed E-state index contributed by atoms with van der Waals surface area (Å²) >= 11 is 0.